The maximum atomic E-state index is 12.1. The first kappa shape index (κ1) is 21.5. The molecule has 0 saturated carbocycles. The molecule has 0 heterocycles. The van der Waals surface area contributed by atoms with Crippen LogP contribution in [0.4, 0.5) is 0 Å². The van der Waals surface area contributed by atoms with Crippen LogP contribution < -0.4 is 10.5 Å². The Hall–Kier alpha value is -1.84. The van der Waals surface area contributed by atoms with Crippen LogP contribution in [0.15, 0.2) is 41.3 Å². The molecular formula is C16H13Cl3N2O5S. The van der Waals surface area contributed by atoms with E-state index in [2.05, 4.69) is 5.32 Å². The van der Waals surface area contributed by atoms with Crippen molar-refractivity contribution >= 4 is 56.7 Å². The van der Waals surface area contributed by atoms with Crippen LogP contribution in [0.25, 0.3) is 0 Å². The van der Waals surface area contributed by atoms with E-state index in [9.17, 15) is 18.0 Å². The molecule has 2 rings (SSSR count). The third kappa shape index (κ3) is 5.82. The molecule has 0 aromatic heterocycles. The second kappa shape index (κ2) is 8.90. The van der Waals surface area contributed by atoms with E-state index < -0.39 is 28.5 Å². The first-order chi connectivity index (χ1) is 12.6. The third-order valence-electron chi connectivity index (χ3n) is 3.32. The van der Waals surface area contributed by atoms with Gasteiger partial charge in [0.25, 0.3) is 5.91 Å². The average molecular weight is 452 g/mol. The smallest absolute Gasteiger partial charge is 0.341 e. The van der Waals surface area contributed by atoms with Crippen molar-refractivity contribution in [2.24, 2.45) is 5.14 Å². The minimum Gasteiger partial charge on any atom is -0.452 e. The molecular weight excluding hydrogens is 439 g/mol. The number of carbonyl (C=O) groups is 2. The zero-order chi connectivity index (χ0) is 20.2. The summed E-state index contributed by atoms with van der Waals surface area (Å²) in [4.78, 5) is 23.8. The van der Waals surface area contributed by atoms with Crippen molar-refractivity contribution in [3.05, 3.63) is 62.6 Å². The summed E-state index contributed by atoms with van der Waals surface area (Å²) in [7, 11) is -3.78. The lowest BCUT2D eigenvalue weighted by Gasteiger charge is -2.09. The van der Waals surface area contributed by atoms with Crippen molar-refractivity contribution in [2.45, 2.75) is 11.4 Å². The third-order valence-corrected chi connectivity index (χ3v) is 5.37. The molecule has 0 bridgehead atoms. The summed E-state index contributed by atoms with van der Waals surface area (Å²) in [6, 6.07) is 8.45. The monoisotopic (exact) mass is 450 g/mol. The number of sulfonamides is 1. The highest BCUT2D eigenvalue weighted by Gasteiger charge is 2.19. The first-order valence-corrected chi connectivity index (χ1v) is 9.96. The van der Waals surface area contributed by atoms with Crippen LogP contribution in [0.5, 0.6) is 0 Å². The predicted octanol–water partition coefficient (Wildman–Crippen LogP) is 2.77. The molecule has 0 fully saturated rings. The van der Waals surface area contributed by atoms with Gasteiger partial charge in [0.2, 0.25) is 10.0 Å². The molecule has 27 heavy (non-hydrogen) atoms. The van der Waals surface area contributed by atoms with Crippen LogP contribution in [0, 0.1) is 0 Å². The van der Waals surface area contributed by atoms with E-state index in [0.29, 0.717) is 5.56 Å². The van der Waals surface area contributed by atoms with Crippen molar-refractivity contribution in [3.63, 3.8) is 0 Å². The molecule has 144 valence electrons. The van der Waals surface area contributed by atoms with Gasteiger partial charge in [-0.25, -0.2) is 18.4 Å². The largest absolute Gasteiger partial charge is 0.452 e. The van der Waals surface area contributed by atoms with E-state index in [1.54, 1.807) is 0 Å². The molecule has 0 spiro atoms. The van der Waals surface area contributed by atoms with Crippen LogP contribution in [0.1, 0.15) is 15.9 Å². The number of esters is 1. The summed E-state index contributed by atoms with van der Waals surface area (Å²) >= 11 is 17.7. The minimum atomic E-state index is -3.78. The number of primary sulfonamides is 1. The Kier molecular flexibility index (Phi) is 7.07. The summed E-state index contributed by atoms with van der Waals surface area (Å²) in [6.45, 7) is -0.465. The molecule has 0 radical (unpaired) electrons. The number of halogens is 3. The van der Waals surface area contributed by atoms with Crippen LogP contribution in [0.3, 0.4) is 0 Å². The number of rotatable bonds is 6. The lowest BCUT2D eigenvalue weighted by atomic mass is 10.2. The molecule has 0 atom stereocenters. The van der Waals surface area contributed by atoms with Crippen LogP contribution in [-0.2, 0) is 26.1 Å². The highest BCUT2D eigenvalue weighted by molar-refractivity contribution is 7.89. The summed E-state index contributed by atoms with van der Waals surface area (Å²) in [6.07, 6.45) is 0. The number of hydrogen-bond donors (Lipinski definition) is 2. The van der Waals surface area contributed by atoms with Gasteiger partial charge in [0, 0.05) is 6.54 Å². The molecule has 7 nitrogen and oxygen atoms in total. The van der Waals surface area contributed by atoms with Gasteiger partial charge >= 0.3 is 5.97 Å². The number of carbonyl (C=O) groups excluding carboxylic acids is 2. The minimum absolute atomic E-state index is 0.0400. The molecule has 0 aliphatic heterocycles. The molecule has 0 aliphatic carbocycles. The summed E-state index contributed by atoms with van der Waals surface area (Å²) in [5, 5.41) is 7.62. The van der Waals surface area contributed by atoms with E-state index in [1.807, 2.05) is 0 Å². The average Bonchev–Trinajstić information content (AvgIpc) is 2.61. The number of ether oxygens (including phenoxy) is 1. The fraction of sp³-hybridized carbons (Fsp3) is 0.125. The van der Waals surface area contributed by atoms with Crippen molar-refractivity contribution < 1.29 is 22.7 Å². The lowest BCUT2D eigenvalue weighted by Crippen LogP contribution is -2.28. The van der Waals surface area contributed by atoms with Gasteiger partial charge in [-0.3, -0.25) is 4.79 Å². The number of amides is 1. The Labute approximate surface area is 170 Å². The number of hydrogen-bond acceptors (Lipinski definition) is 5. The van der Waals surface area contributed by atoms with Crippen molar-refractivity contribution in [1.82, 2.24) is 5.32 Å². The van der Waals surface area contributed by atoms with Crippen LogP contribution in [0.2, 0.25) is 15.1 Å². The Morgan fingerprint density at radius 3 is 2.19 bits per heavy atom. The predicted molar refractivity (Wildman–Crippen MR) is 101 cm³/mol. The molecule has 11 heteroatoms. The Morgan fingerprint density at radius 2 is 1.59 bits per heavy atom. The van der Waals surface area contributed by atoms with E-state index in [4.69, 9.17) is 44.7 Å². The van der Waals surface area contributed by atoms with E-state index >= 15 is 0 Å². The van der Waals surface area contributed by atoms with Crippen molar-refractivity contribution in [1.29, 1.82) is 0 Å². The highest BCUT2D eigenvalue weighted by Crippen LogP contribution is 2.31. The van der Waals surface area contributed by atoms with Gasteiger partial charge in [0.15, 0.2) is 6.61 Å². The topological polar surface area (TPSA) is 116 Å². The molecule has 0 saturated heterocycles. The molecule has 2 aromatic rings. The first-order valence-electron chi connectivity index (χ1n) is 7.28. The van der Waals surface area contributed by atoms with Crippen LogP contribution in [-0.4, -0.2) is 26.9 Å². The number of nitrogens with two attached hydrogens (primary N) is 1. The number of nitrogens with one attached hydrogen (secondary N) is 1. The number of benzene rings is 2. The molecule has 3 N–H and O–H groups in total. The van der Waals surface area contributed by atoms with Gasteiger partial charge in [-0.2, -0.15) is 0 Å². The second-order valence-corrected chi connectivity index (χ2v) is 8.01. The van der Waals surface area contributed by atoms with Gasteiger partial charge in [0.05, 0.1) is 25.5 Å². The summed E-state index contributed by atoms with van der Waals surface area (Å²) in [5.74, 6) is -1.46. The van der Waals surface area contributed by atoms with Crippen molar-refractivity contribution in [2.75, 3.05) is 6.61 Å². The zero-order valence-electron chi connectivity index (χ0n) is 13.5. The maximum absolute atomic E-state index is 12.1. The van der Waals surface area contributed by atoms with Gasteiger partial charge in [-0.15, -0.1) is 0 Å². The molecule has 0 unspecified atom stereocenters. The quantitative estimate of drug-likeness (QED) is 0.517. The Balaban J connectivity index is 1.90. The second-order valence-electron chi connectivity index (χ2n) is 5.26. The van der Waals surface area contributed by atoms with E-state index in [1.165, 1.54) is 36.4 Å². The summed E-state index contributed by atoms with van der Waals surface area (Å²) in [5.41, 5.74) is 0.500. The SMILES string of the molecule is NS(=O)(=O)c1ccc(CNC(=O)COC(=O)c2c(Cl)ccc(Cl)c2Cl)cc1. The van der Waals surface area contributed by atoms with Gasteiger partial charge in [0.1, 0.15) is 0 Å². The zero-order valence-corrected chi connectivity index (χ0v) is 16.6. The van der Waals surface area contributed by atoms with Crippen molar-refractivity contribution in [3.8, 4) is 0 Å². The Bertz CT molecular complexity index is 978. The highest BCUT2D eigenvalue weighted by atomic mass is 35.5. The molecule has 2 aromatic carbocycles. The van der Waals surface area contributed by atoms with Gasteiger partial charge in [-0.1, -0.05) is 46.9 Å². The molecule has 0 aliphatic rings. The molecule has 1 amide bonds. The fourth-order valence-electron chi connectivity index (χ4n) is 1.97. The van der Waals surface area contributed by atoms with Gasteiger partial charge in [-0.05, 0) is 29.8 Å². The maximum Gasteiger partial charge on any atom is 0.341 e. The van der Waals surface area contributed by atoms with Crippen LogP contribution >= 0.6 is 34.8 Å². The Morgan fingerprint density at radius 1 is 1.00 bits per heavy atom. The lowest BCUT2D eigenvalue weighted by molar-refractivity contribution is -0.124. The van der Waals surface area contributed by atoms with Gasteiger partial charge < -0.3 is 10.1 Å². The fourth-order valence-corrected chi connectivity index (χ4v) is 3.16. The van der Waals surface area contributed by atoms with E-state index in [0.717, 1.165) is 0 Å². The standard InChI is InChI=1S/C16H13Cl3N2O5S/c17-11-5-6-12(18)15(19)14(11)16(23)26-8-13(22)21-7-9-1-3-10(4-2-9)27(20,24)25/h1-6H,7-8H2,(H,21,22)(H2,20,24,25). The summed E-state index contributed by atoms with van der Waals surface area (Å²) < 4.78 is 27.2. The van der Waals surface area contributed by atoms with E-state index in [-0.39, 0.29) is 32.1 Å². The normalized spacial score (nSPS) is 11.1.